The molecule has 7 rings (SSSR count). The summed E-state index contributed by atoms with van der Waals surface area (Å²) in [5.74, 6) is 0. The zero-order chi connectivity index (χ0) is 32.7. The van der Waals surface area contributed by atoms with Gasteiger partial charge >= 0.3 is 15.6 Å². The second-order valence-electron chi connectivity index (χ2n) is 10.3. The van der Waals surface area contributed by atoms with E-state index < -0.39 is 83.5 Å². The second kappa shape index (κ2) is 11.8. The summed E-state index contributed by atoms with van der Waals surface area (Å²) in [6.45, 7) is -1.66. The molecular weight excluding hydrogens is 725 g/mol. The van der Waals surface area contributed by atoms with Gasteiger partial charge in [-0.3, -0.25) is 32.0 Å². The highest BCUT2D eigenvalue weighted by atomic mass is 35.5. The molecule has 3 saturated heterocycles. The van der Waals surface area contributed by atoms with Crippen LogP contribution >= 0.6 is 50.4 Å². The number of fused-ring (bicyclic) bond motifs is 5. The van der Waals surface area contributed by atoms with Crippen molar-refractivity contribution in [2.24, 2.45) is 0 Å². The number of ether oxygens (including phenoxy) is 2. The smallest absolute Gasteiger partial charge is 0.387 e. The molecule has 10 unspecified atom stereocenters. The first kappa shape index (κ1) is 32.5. The van der Waals surface area contributed by atoms with E-state index in [1.54, 1.807) is 0 Å². The molecule has 24 heteroatoms. The van der Waals surface area contributed by atoms with Crippen molar-refractivity contribution in [3.63, 3.8) is 0 Å². The molecule has 3 aliphatic rings. The van der Waals surface area contributed by atoms with Gasteiger partial charge in [0.15, 0.2) is 23.6 Å². The van der Waals surface area contributed by atoms with Crippen LogP contribution in [0.25, 0.3) is 22.2 Å². The second-order valence-corrected chi connectivity index (χ2v) is 14.3. The summed E-state index contributed by atoms with van der Waals surface area (Å²) >= 11 is 18.6. The van der Waals surface area contributed by atoms with Gasteiger partial charge in [0.1, 0.15) is 36.6 Å². The van der Waals surface area contributed by atoms with Crippen LogP contribution in [0.2, 0.25) is 15.3 Å². The fourth-order valence-electron chi connectivity index (χ4n) is 5.45. The molecule has 46 heavy (non-hydrogen) atoms. The Bertz CT molecular complexity index is 1990. The Morgan fingerprint density at radius 1 is 0.891 bits per heavy atom. The van der Waals surface area contributed by atoms with E-state index in [4.69, 9.17) is 62.4 Å². The Hall–Kier alpha value is -2.03. The number of H-pyrrole nitrogens is 1. The summed E-state index contributed by atoms with van der Waals surface area (Å²) in [5, 5.41) is 22.4. The maximum atomic E-state index is 13.2. The number of phosphoric ester groups is 2. The molecule has 3 fully saturated rings. The van der Waals surface area contributed by atoms with Crippen LogP contribution in [0, 0.1) is 0 Å². The van der Waals surface area contributed by atoms with Crippen LogP contribution in [-0.2, 0) is 36.7 Å². The third kappa shape index (κ3) is 5.72. The number of imidazole rings is 2. The van der Waals surface area contributed by atoms with E-state index in [9.17, 15) is 33.9 Å². The quantitative estimate of drug-likeness (QED) is 0.183. The van der Waals surface area contributed by atoms with Gasteiger partial charge in [0, 0.05) is 0 Å². The minimum absolute atomic E-state index is 0.0291. The molecule has 2 bridgehead atoms. The molecule has 19 nitrogen and oxygen atoms in total. The fourth-order valence-corrected chi connectivity index (χ4v) is 7.94. The normalized spacial score (nSPS) is 37.2. The Morgan fingerprint density at radius 2 is 1.54 bits per heavy atom. The van der Waals surface area contributed by atoms with E-state index >= 15 is 0 Å². The number of aromatic nitrogens is 6. The van der Waals surface area contributed by atoms with Gasteiger partial charge in [-0.15, -0.1) is 0 Å². The lowest BCUT2D eigenvalue weighted by Gasteiger charge is -2.25. The van der Waals surface area contributed by atoms with Crippen molar-refractivity contribution in [3.05, 3.63) is 50.5 Å². The standard InChI is InChI=1S/C22H21Cl3N6O13P2/c23-7-1-9-10(2-8(7)24)31(22(25)29-9)20-15(33)16-12(42-20)4-40-46(37,38)44-17-14(32)11(3-39-45(35,36)43-16)41-21(17)30-6-28-13-18(30)26-5-27-19(13)34/h1-2,5-6,11-12,14-17,20-21,32-33H,3-4H2,(H,35,36)(H,37,38)(H,26,27,34). The van der Waals surface area contributed by atoms with Crippen molar-refractivity contribution in [1.29, 1.82) is 0 Å². The van der Waals surface area contributed by atoms with Crippen molar-refractivity contribution in [1.82, 2.24) is 29.1 Å². The van der Waals surface area contributed by atoms with Crippen LogP contribution in [0.4, 0.5) is 0 Å². The molecular formula is C22H21Cl3N6O13P2. The minimum Gasteiger partial charge on any atom is -0.387 e. The van der Waals surface area contributed by atoms with Gasteiger partial charge in [0.25, 0.3) is 5.56 Å². The number of hydrogen-bond donors (Lipinski definition) is 5. The van der Waals surface area contributed by atoms with Crippen LogP contribution in [0.1, 0.15) is 12.5 Å². The Balaban J connectivity index is 1.21. The number of rotatable bonds is 2. The summed E-state index contributed by atoms with van der Waals surface area (Å²) in [7, 11) is -10.2. The van der Waals surface area contributed by atoms with Gasteiger partial charge in [-0.2, -0.15) is 0 Å². The van der Waals surface area contributed by atoms with Crippen LogP contribution in [0.5, 0.6) is 0 Å². The van der Waals surface area contributed by atoms with E-state index in [2.05, 4.69) is 19.9 Å². The minimum atomic E-state index is -5.12. The zero-order valence-electron chi connectivity index (χ0n) is 22.6. The lowest BCUT2D eigenvalue weighted by molar-refractivity contribution is -0.0671. The molecule has 0 spiro atoms. The van der Waals surface area contributed by atoms with E-state index in [-0.39, 0.29) is 37.5 Å². The summed E-state index contributed by atoms with van der Waals surface area (Å²) in [6.07, 6.45) is -10.6. The molecule has 6 heterocycles. The Morgan fingerprint density at radius 3 is 2.28 bits per heavy atom. The van der Waals surface area contributed by atoms with Crippen molar-refractivity contribution in [2.45, 2.75) is 49.1 Å². The van der Waals surface area contributed by atoms with E-state index in [0.29, 0.717) is 0 Å². The van der Waals surface area contributed by atoms with Gasteiger partial charge in [0.2, 0.25) is 5.28 Å². The van der Waals surface area contributed by atoms with Crippen molar-refractivity contribution >= 4 is 72.6 Å². The number of phosphoric acid groups is 2. The molecule has 1 aromatic carbocycles. The van der Waals surface area contributed by atoms with Crippen molar-refractivity contribution < 1.29 is 56.7 Å². The molecule has 0 aliphatic carbocycles. The van der Waals surface area contributed by atoms with Crippen molar-refractivity contribution in [2.75, 3.05) is 13.2 Å². The lowest BCUT2D eigenvalue weighted by Crippen LogP contribution is -2.36. The fraction of sp³-hybridized carbons (Fsp3) is 0.455. The largest absolute Gasteiger partial charge is 0.472 e. The highest BCUT2D eigenvalue weighted by molar-refractivity contribution is 7.47. The summed E-state index contributed by atoms with van der Waals surface area (Å²) in [5.41, 5.74) is -0.208. The average Bonchev–Trinajstić information content (AvgIpc) is 3.71. The molecule has 10 atom stereocenters. The third-order valence-electron chi connectivity index (χ3n) is 7.52. The van der Waals surface area contributed by atoms with Gasteiger partial charge in [0.05, 0.1) is 46.9 Å². The number of benzene rings is 1. The predicted octanol–water partition coefficient (Wildman–Crippen LogP) is 1.66. The number of aliphatic hydroxyl groups excluding tert-OH is 2. The molecule has 5 N–H and O–H groups in total. The predicted molar refractivity (Wildman–Crippen MR) is 154 cm³/mol. The third-order valence-corrected chi connectivity index (χ3v) is 10.5. The van der Waals surface area contributed by atoms with E-state index in [1.165, 1.54) is 16.7 Å². The molecule has 0 saturated carbocycles. The van der Waals surface area contributed by atoms with Gasteiger partial charge < -0.3 is 34.5 Å². The van der Waals surface area contributed by atoms with Gasteiger partial charge in [-0.05, 0) is 23.7 Å². The summed E-state index contributed by atoms with van der Waals surface area (Å²) in [6, 6.07) is 2.83. The summed E-state index contributed by atoms with van der Waals surface area (Å²) in [4.78, 5) is 48.0. The van der Waals surface area contributed by atoms with E-state index in [1.807, 2.05) is 0 Å². The molecule has 0 amide bonds. The number of hydrogen-bond acceptors (Lipinski definition) is 14. The molecule has 248 valence electrons. The number of nitrogens with zero attached hydrogens (tertiary/aromatic N) is 5. The lowest BCUT2D eigenvalue weighted by atomic mass is 10.1. The number of aliphatic hydroxyl groups is 2. The van der Waals surface area contributed by atoms with Crippen LogP contribution in [0.3, 0.4) is 0 Å². The Labute approximate surface area is 270 Å². The van der Waals surface area contributed by atoms with Gasteiger partial charge in [-0.1, -0.05) is 23.2 Å². The highest BCUT2D eigenvalue weighted by Gasteiger charge is 2.54. The van der Waals surface area contributed by atoms with E-state index in [0.717, 1.165) is 17.2 Å². The average molecular weight is 746 g/mol. The molecule has 0 radical (unpaired) electrons. The first-order chi connectivity index (χ1) is 21.7. The molecule has 3 aliphatic heterocycles. The molecule has 3 aromatic heterocycles. The number of halogens is 3. The van der Waals surface area contributed by atoms with Crippen LogP contribution in [0.15, 0.2) is 29.6 Å². The van der Waals surface area contributed by atoms with Crippen LogP contribution < -0.4 is 5.56 Å². The summed E-state index contributed by atoms with van der Waals surface area (Å²) < 4.78 is 61.3. The van der Waals surface area contributed by atoms with Gasteiger partial charge in [-0.25, -0.2) is 24.1 Å². The van der Waals surface area contributed by atoms with Crippen molar-refractivity contribution in [3.8, 4) is 0 Å². The first-order valence-electron chi connectivity index (χ1n) is 13.1. The highest BCUT2D eigenvalue weighted by Crippen LogP contribution is 2.54. The zero-order valence-corrected chi connectivity index (χ0v) is 26.6. The Kier molecular flexibility index (Phi) is 8.37. The SMILES string of the molecule is O=c1[nH]cnc2c1ncn2C1OC2COP(=O)(O)OC3C(COP(=O)(O)OC1C2O)OC(n1c(Cl)nc2cc(Cl)c(Cl)cc21)C3O. The number of aromatic amines is 1. The molecule has 4 aromatic rings. The monoisotopic (exact) mass is 744 g/mol. The maximum absolute atomic E-state index is 13.2. The van der Waals surface area contributed by atoms with Crippen LogP contribution in [-0.4, -0.2) is 98.9 Å². The maximum Gasteiger partial charge on any atom is 0.472 e. The topological polar surface area (TPSA) is 252 Å². The number of nitrogens with one attached hydrogen (secondary N) is 1. The first-order valence-corrected chi connectivity index (χ1v) is 17.3.